The predicted molar refractivity (Wildman–Crippen MR) is 313 cm³/mol. The number of para-hydroxylation sites is 4. The maximum absolute atomic E-state index is 7.04. The van der Waals surface area contributed by atoms with E-state index in [4.69, 9.17) is 13.3 Å². The topological polar surface area (TPSA) is 45.9 Å². The van der Waals surface area contributed by atoms with Gasteiger partial charge in [0.2, 0.25) is 0 Å². The minimum atomic E-state index is 0.841. The average Bonchev–Trinajstić information content (AvgIpc) is 4.17. The summed E-state index contributed by atoms with van der Waals surface area (Å²) in [6.07, 6.45) is 0. The molecule has 5 heteroatoms. The first-order valence-electron chi connectivity index (χ1n) is 25.6. The second-order valence-electron chi connectivity index (χ2n) is 19.7. The Morgan fingerprint density at radius 3 is 1.09 bits per heavy atom. The number of nitrogens with zero attached hydrogens (tertiary/aromatic N) is 2. The van der Waals surface area contributed by atoms with E-state index >= 15 is 0 Å². The highest BCUT2D eigenvalue weighted by atomic mass is 16.3. The molecule has 5 nitrogen and oxygen atoms in total. The third-order valence-corrected chi connectivity index (χ3v) is 15.2. The van der Waals surface area contributed by atoms with Crippen LogP contribution < -0.4 is 9.80 Å². The summed E-state index contributed by atoms with van der Waals surface area (Å²) in [5.41, 5.74) is 17.9. The summed E-state index contributed by atoms with van der Waals surface area (Å²) in [5.74, 6) is 0. The zero-order valence-electron chi connectivity index (χ0n) is 41.2. The van der Waals surface area contributed by atoms with Gasteiger partial charge in [-0.1, -0.05) is 170 Å². The third-order valence-electron chi connectivity index (χ3n) is 15.2. The molecule has 354 valence electrons. The van der Waals surface area contributed by atoms with E-state index in [-0.39, 0.29) is 0 Å². The second kappa shape index (κ2) is 16.9. The van der Waals surface area contributed by atoms with Gasteiger partial charge in [-0.15, -0.1) is 0 Å². The van der Waals surface area contributed by atoms with Crippen molar-refractivity contribution in [1.82, 2.24) is 0 Å². The highest BCUT2D eigenvalue weighted by molar-refractivity contribution is 6.17. The molecule has 0 bridgehead atoms. The Kier molecular flexibility index (Phi) is 9.63. The minimum absolute atomic E-state index is 0.841. The molecular weight excluding hydrogens is 917 g/mol. The number of furan rings is 3. The lowest BCUT2D eigenvalue weighted by Gasteiger charge is -2.27. The van der Waals surface area contributed by atoms with Crippen LogP contribution in [0, 0.1) is 13.8 Å². The quantitative estimate of drug-likeness (QED) is 0.152. The first kappa shape index (κ1) is 42.8. The van der Waals surface area contributed by atoms with E-state index in [1.165, 1.54) is 0 Å². The largest absolute Gasteiger partial charge is 0.456 e. The fourth-order valence-corrected chi connectivity index (χ4v) is 11.6. The zero-order valence-corrected chi connectivity index (χ0v) is 41.2. The van der Waals surface area contributed by atoms with Gasteiger partial charge < -0.3 is 23.1 Å². The number of rotatable bonds is 8. The van der Waals surface area contributed by atoms with Crippen molar-refractivity contribution >= 4 is 121 Å². The van der Waals surface area contributed by atoms with Crippen LogP contribution in [0.5, 0.6) is 0 Å². The molecule has 0 saturated heterocycles. The zero-order chi connectivity index (χ0) is 49.7. The minimum Gasteiger partial charge on any atom is -0.456 e. The first-order chi connectivity index (χ1) is 37.0. The fourth-order valence-electron chi connectivity index (χ4n) is 11.6. The first-order valence-corrected chi connectivity index (χ1v) is 25.6. The van der Waals surface area contributed by atoms with Crippen molar-refractivity contribution in [3.8, 4) is 22.3 Å². The predicted octanol–water partition coefficient (Wildman–Crippen LogP) is 20.6. The number of aryl methyl sites for hydroxylation is 2. The van der Waals surface area contributed by atoms with E-state index in [9.17, 15) is 0 Å². The van der Waals surface area contributed by atoms with Crippen LogP contribution in [0.3, 0.4) is 0 Å². The molecule has 3 aromatic heterocycles. The molecular formula is C70H46N2O3. The molecule has 15 aromatic rings. The summed E-state index contributed by atoms with van der Waals surface area (Å²) in [6, 6.07) is 86.3. The number of benzene rings is 12. The van der Waals surface area contributed by atoms with Gasteiger partial charge in [-0.2, -0.15) is 0 Å². The average molecular weight is 963 g/mol. The van der Waals surface area contributed by atoms with Crippen LogP contribution >= 0.6 is 0 Å². The maximum atomic E-state index is 7.04. The number of hydrogen-bond donors (Lipinski definition) is 0. The normalized spacial score (nSPS) is 11.9. The molecule has 0 fully saturated rings. The Morgan fingerprint density at radius 1 is 0.267 bits per heavy atom. The number of hydrogen-bond acceptors (Lipinski definition) is 5. The van der Waals surface area contributed by atoms with Gasteiger partial charge in [-0.3, -0.25) is 0 Å². The van der Waals surface area contributed by atoms with Crippen LogP contribution in [-0.2, 0) is 0 Å². The molecule has 3 heterocycles. The molecule has 0 aliphatic rings. The summed E-state index contributed by atoms with van der Waals surface area (Å²) in [6.45, 7) is 4.34. The maximum Gasteiger partial charge on any atom is 0.159 e. The molecule has 0 unspecified atom stereocenters. The van der Waals surface area contributed by atoms with Crippen molar-refractivity contribution in [3.63, 3.8) is 0 Å². The van der Waals surface area contributed by atoms with Crippen molar-refractivity contribution in [1.29, 1.82) is 0 Å². The molecule has 0 aliphatic heterocycles. The summed E-state index contributed by atoms with van der Waals surface area (Å²) in [7, 11) is 0. The monoisotopic (exact) mass is 962 g/mol. The van der Waals surface area contributed by atoms with Gasteiger partial charge in [0.1, 0.15) is 22.3 Å². The van der Waals surface area contributed by atoms with Gasteiger partial charge in [-0.05, 0) is 130 Å². The van der Waals surface area contributed by atoms with Crippen LogP contribution in [0.4, 0.5) is 34.1 Å². The van der Waals surface area contributed by atoms with Crippen LogP contribution in [0.1, 0.15) is 11.1 Å². The Morgan fingerprint density at radius 2 is 0.667 bits per heavy atom. The van der Waals surface area contributed by atoms with Crippen LogP contribution in [0.15, 0.2) is 256 Å². The van der Waals surface area contributed by atoms with E-state index in [1.54, 1.807) is 0 Å². The molecule has 0 atom stereocenters. The lowest BCUT2D eigenvalue weighted by atomic mass is 10.0. The van der Waals surface area contributed by atoms with E-state index in [1.807, 2.05) is 0 Å². The van der Waals surface area contributed by atoms with Crippen molar-refractivity contribution in [2.75, 3.05) is 9.80 Å². The lowest BCUT2D eigenvalue weighted by molar-refractivity contribution is 0.669. The Labute approximate surface area is 432 Å². The lowest BCUT2D eigenvalue weighted by Crippen LogP contribution is -2.11. The van der Waals surface area contributed by atoms with Crippen molar-refractivity contribution in [2.24, 2.45) is 0 Å². The van der Waals surface area contributed by atoms with Gasteiger partial charge in [0.15, 0.2) is 11.2 Å². The molecule has 0 N–H and O–H groups in total. The fraction of sp³-hybridized carbons (Fsp3) is 0.0286. The standard InChI is InChI=1S/C70H46N2O3/c1-43-29-35-59-57-27-15-25-55(45-17-7-3-8-18-45)67(57)74-69(59)65(43)71(51-21-11-5-12-22-51)53-33-31-47-39-61-62-40-48-32-34-54(38-50(48)42-64(62)73-63(61)41-49(47)37-53)72(52-23-13-6-14-24-52)66-44(2)30-36-60-58-28-16-26-56(68(58)75-70(60)66)46-19-9-4-10-20-46/h3-42H,1-2H3. The summed E-state index contributed by atoms with van der Waals surface area (Å²) >= 11 is 0. The molecule has 0 spiro atoms. The second-order valence-corrected chi connectivity index (χ2v) is 19.7. The van der Waals surface area contributed by atoms with E-state index in [0.717, 1.165) is 155 Å². The molecule has 0 aliphatic carbocycles. The molecule has 15 rings (SSSR count). The molecule has 12 aromatic carbocycles. The Bertz CT molecular complexity index is 4430. The SMILES string of the molecule is Cc1ccc2c(oc3c(-c4ccccc4)cccc32)c1N(c1ccccc1)c1ccc2cc3c(cc2c1)oc1cc2cc(N(c4ccccc4)c4c(C)ccc5c4oc4c(-c6ccccc6)cccc45)ccc2cc13. The van der Waals surface area contributed by atoms with Gasteiger partial charge in [-0.25, -0.2) is 0 Å². The number of fused-ring (bicyclic) bond motifs is 11. The summed E-state index contributed by atoms with van der Waals surface area (Å²) in [4.78, 5) is 4.68. The van der Waals surface area contributed by atoms with Gasteiger partial charge in [0, 0.05) is 66.2 Å². The summed E-state index contributed by atoms with van der Waals surface area (Å²) in [5, 5.41) is 10.9. The van der Waals surface area contributed by atoms with E-state index in [0.29, 0.717) is 0 Å². The van der Waals surface area contributed by atoms with Crippen LogP contribution in [0.25, 0.3) is 110 Å². The molecule has 0 amide bonds. The van der Waals surface area contributed by atoms with Crippen LogP contribution in [0.2, 0.25) is 0 Å². The van der Waals surface area contributed by atoms with E-state index in [2.05, 4.69) is 266 Å². The smallest absolute Gasteiger partial charge is 0.159 e. The molecule has 75 heavy (non-hydrogen) atoms. The summed E-state index contributed by atoms with van der Waals surface area (Å²) < 4.78 is 20.9. The van der Waals surface area contributed by atoms with E-state index < -0.39 is 0 Å². The highest BCUT2D eigenvalue weighted by Gasteiger charge is 2.26. The van der Waals surface area contributed by atoms with Crippen molar-refractivity contribution < 1.29 is 13.3 Å². The van der Waals surface area contributed by atoms with Gasteiger partial charge in [0.25, 0.3) is 0 Å². The van der Waals surface area contributed by atoms with Crippen molar-refractivity contribution in [2.45, 2.75) is 13.8 Å². The van der Waals surface area contributed by atoms with Gasteiger partial charge >= 0.3 is 0 Å². The molecule has 0 radical (unpaired) electrons. The highest BCUT2D eigenvalue weighted by Crippen LogP contribution is 2.49. The molecule has 0 saturated carbocycles. The van der Waals surface area contributed by atoms with Gasteiger partial charge in [0.05, 0.1) is 11.4 Å². The van der Waals surface area contributed by atoms with Crippen LogP contribution in [-0.4, -0.2) is 0 Å². The van der Waals surface area contributed by atoms with Crippen molar-refractivity contribution in [3.05, 3.63) is 254 Å². The third kappa shape index (κ3) is 6.86. The number of anilines is 6. The Hall–Kier alpha value is -9.84. The Balaban J connectivity index is 0.857.